The Morgan fingerprint density at radius 2 is 1.60 bits per heavy atom. The van der Waals surface area contributed by atoms with Gasteiger partial charge in [-0.1, -0.05) is 13.8 Å². The van der Waals surface area contributed by atoms with Crippen LogP contribution in [0.15, 0.2) is 36.4 Å². The molecule has 0 spiro atoms. The summed E-state index contributed by atoms with van der Waals surface area (Å²) in [5, 5.41) is 17.9. The van der Waals surface area contributed by atoms with E-state index in [1.807, 2.05) is 13.8 Å². The first-order valence-corrected chi connectivity index (χ1v) is 9.45. The van der Waals surface area contributed by atoms with Crippen molar-refractivity contribution < 1.29 is 31.2 Å². The zero-order valence-corrected chi connectivity index (χ0v) is 19.0. The van der Waals surface area contributed by atoms with Crippen molar-refractivity contribution in [1.82, 2.24) is 14.0 Å². The van der Waals surface area contributed by atoms with Gasteiger partial charge in [0.05, 0.1) is 11.1 Å². The first kappa shape index (κ1) is 23.7. The van der Waals surface area contributed by atoms with Gasteiger partial charge in [-0.2, -0.15) is 0 Å². The summed E-state index contributed by atoms with van der Waals surface area (Å²) in [6, 6.07) is 3.07. The minimum absolute atomic E-state index is 0. The van der Waals surface area contributed by atoms with Gasteiger partial charge in [0.15, 0.2) is 0 Å². The van der Waals surface area contributed by atoms with Gasteiger partial charge in [-0.3, -0.25) is 28.4 Å². The van der Waals surface area contributed by atoms with Gasteiger partial charge in [0.1, 0.15) is 5.69 Å². The fourth-order valence-electron chi connectivity index (χ4n) is 2.97. The van der Waals surface area contributed by atoms with E-state index in [9.17, 15) is 24.3 Å². The molecule has 2 amide bonds. The Balaban J connectivity index is 0.00000320. The predicted octanol–water partition coefficient (Wildman–Crippen LogP) is 2.22. The van der Waals surface area contributed by atoms with Crippen LogP contribution < -0.4 is 11.2 Å². The van der Waals surface area contributed by atoms with Crippen molar-refractivity contribution in [3.05, 3.63) is 48.6 Å². The van der Waals surface area contributed by atoms with Crippen LogP contribution in [0, 0.1) is 5.92 Å². The molecular weight excluding hydrogens is 505 g/mol. The average molecular weight is 523 g/mol. The number of hydrogen-bond donors (Lipinski definition) is 1. The number of benzene rings is 1. The van der Waals surface area contributed by atoms with E-state index in [-0.39, 0.29) is 45.8 Å². The summed E-state index contributed by atoms with van der Waals surface area (Å²) in [6.45, 7) is 4.03. The van der Waals surface area contributed by atoms with Crippen molar-refractivity contribution in [2.24, 2.45) is 30.2 Å². The fraction of sp³-hybridized carbons (Fsp3) is 0.333. The van der Waals surface area contributed by atoms with Crippen LogP contribution in [0.2, 0.25) is 0 Å². The van der Waals surface area contributed by atoms with Crippen molar-refractivity contribution in [3.63, 3.8) is 0 Å². The molecule has 12 heteroatoms. The first-order valence-electron chi connectivity index (χ1n) is 8.65. The molecule has 30 heavy (non-hydrogen) atoms. The molecule has 10 nitrogen and oxygen atoms in total. The number of aromatic hydroxyl groups is 1. The average Bonchev–Trinajstić information content (AvgIpc) is 2.90. The molecule has 0 aliphatic carbocycles. The minimum atomic E-state index is -0.845. The Labute approximate surface area is 189 Å². The predicted molar refractivity (Wildman–Crippen MR) is 107 cm³/mol. The molecule has 0 fully saturated rings. The molecule has 1 aliphatic heterocycles. The van der Waals surface area contributed by atoms with Gasteiger partial charge in [-0.25, -0.2) is 4.79 Å². The molecular formula is C18H18BrN5NiO5+2. The zero-order chi connectivity index (χ0) is 21.6. The molecule has 3 rings (SSSR count). The number of halogens is 1. The van der Waals surface area contributed by atoms with E-state index >= 15 is 0 Å². The van der Waals surface area contributed by atoms with E-state index in [1.54, 1.807) is 6.07 Å². The van der Waals surface area contributed by atoms with Crippen LogP contribution in [0.1, 0.15) is 34.6 Å². The number of fused-ring (bicyclic) bond motifs is 1. The molecule has 1 aliphatic rings. The van der Waals surface area contributed by atoms with E-state index in [0.29, 0.717) is 4.47 Å². The molecule has 0 bridgehead atoms. The number of carbonyl (C=O) groups is 2. The Morgan fingerprint density at radius 3 is 2.20 bits per heavy atom. The van der Waals surface area contributed by atoms with E-state index in [1.165, 1.54) is 20.2 Å². The third-order valence-corrected chi connectivity index (χ3v) is 5.11. The molecule has 2 heterocycles. The monoisotopic (exact) mass is 521 g/mol. The maximum Gasteiger partial charge on any atom is 2.00 e. The third-order valence-electron chi connectivity index (χ3n) is 4.47. The van der Waals surface area contributed by atoms with Gasteiger partial charge in [0, 0.05) is 25.1 Å². The smallest absolute Gasteiger partial charge is 0.493 e. The summed E-state index contributed by atoms with van der Waals surface area (Å²) in [7, 11) is 2.52. The molecule has 0 saturated heterocycles. The number of rotatable bonds is 4. The maximum absolute atomic E-state index is 12.8. The molecule has 0 unspecified atom stereocenters. The summed E-state index contributed by atoms with van der Waals surface area (Å²) < 4.78 is 2.00. The molecule has 0 atom stereocenters. The molecule has 1 aromatic heterocycles. The SMILES string of the molecule is CC(C)CN1C(=O)c2ccc(Br)c(N=Nc3c(O)n(C)c(=O)n(C)c3=O)c2C1=O.[Ni+2]. The van der Waals surface area contributed by atoms with Gasteiger partial charge >= 0.3 is 22.2 Å². The van der Waals surface area contributed by atoms with Crippen LogP contribution >= 0.6 is 15.9 Å². The van der Waals surface area contributed by atoms with Crippen molar-refractivity contribution in [2.45, 2.75) is 13.8 Å². The van der Waals surface area contributed by atoms with Crippen molar-refractivity contribution in [3.8, 4) is 5.88 Å². The minimum Gasteiger partial charge on any atom is -0.493 e. The zero-order valence-electron chi connectivity index (χ0n) is 16.4. The number of carbonyl (C=O) groups excluding carboxylic acids is 2. The van der Waals surface area contributed by atoms with Crippen LogP contribution in [-0.2, 0) is 30.6 Å². The van der Waals surface area contributed by atoms with Crippen LogP contribution in [0.25, 0.3) is 0 Å². The number of aromatic nitrogens is 2. The molecule has 1 aromatic carbocycles. The second kappa shape index (κ2) is 8.65. The molecule has 160 valence electrons. The Hall–Kier alpha value is -2.59. The van der Waals surface area contributed by atoms with Gasteiger partial charge in [0.25, 0.3) is 17.4 Å². The van der Waals surface area contributed by atoms with Gasteiger partial charge in [0.2, 0.25) is 11.6 Å². The Bertz CT molecular complexity index is 1200. The van der Waals surface area contributed by atoms with E-state index in [0.717, 1.165) is 14.0 Å². The van der Waals surface area contributed by atoms with E-state index in [2.05, 4.69) is 26.2 Å². The number of imide groups is 1. The quantitative estimate of drug-likeness (QED) is 0.374. The summed E-state index contributed by atoms with van der Waals surface area (Å²) >= 11 is 3.28. The van der Waals surface area contributed by atoms with Gasteiger partial charge in [-0.15, -0.1) is 10.2 Å². The van der Waals surface area contributed by atoms with Crippen LogP contribution in [-0.4, -0.2) is 37.5 Å². The topological polar surface area (TPSA) is 126 Å². The first-order chi connectivity index (χ1) is 13.6. The summed E-state index contributed by atoms with van der Waals surface area (Å²) in [6.07, 6.45) is 0. The van der Waals surface area contributed by atoms with Gasteiger partial charge in [-0.05, 0) is 34.0 Å². The molecule has 1 N–H and O–H groups in total. The third kappa shape index (κ3) is 3.77. The molecule has 0 saturated carbocycles. The fourth-order valence-corrected chi connectivity index (χ4v) is 3.37. The Morgan fingerprint density at radius 1 is 1.00 bits per heavy atom. The summed E-state index contributed by atoms with van der Waals surface area (Å²) in [5.74, 6) is -1.51. The van der Waals surface area contributed by atoms with Crippen molar-refractivity contribution in [2.75, 3.05) is 6.54 Å². The molecule has 2 aromatic rings. The standard InChI is InChI=1S/C18H18BrN5O5.Ni/c1-8(2)7-24-14(25)9-5-6-10(19)12(11(9)15(24)26)20-21-13-16(27)22(3)18(29)23(4)17(13)28;/h5-6,8,27H,7H2,1-4H3;/q;+2. The number of azo groups is 1. The van der Waals surface area contributed by atoms with E-state index < -0.39 is 34.6 Å². The summed E-state index contributed by atoms with van der Waals surface area (Å²) in [4.78, 5) is 50.7. The number of nitrogens with zero attached hydrogens (tertiary/aromatic N) is 5. The van der Waals surface area contributed by atoms with Crippen molar-refractivity contribution >= 4 is 39.1 Å². The van der Waals surface area contributed by atoms with E-state index in [4.69, 9.17) is 0 Å². The second-order valence-corrected chi connectivity index (χ2v) is 7.87. The summed E-state index contributed by atoms with van der Waals surface area (Å²) in [5.41, 5.74) is -1.72. The number of amides is 2. The van der Waals surface area contributed by atoms with Crippen molar-refractivity contribution in [1.29, 1.82) is 0 Å². The molecule has 0 radical (unpaired) electrons. The maximum atomic E-state index is 12.8. The largest absolute Gasteiger partial charge is 2.00 e. The Kier molecular flexibility index (Phi) is 6.83. The second-order valence-electron chi connectivity index (χ2n) is 7.01. The van der Waals surface area contributed by atoms with Crippen LogP contribution in [0.4, 0.5) is 11.4 Å². The van der Waals surface area contributed by atoms with Crippen LogP contribution in [0.5, 0.6) is 5.88 Å². The van der Waals surface area contributed by atoms with Gasteiger partial charge < -0.3 is 5.11 Å². The normalized spacial score (nSPS) is 13.3. The number of hydrogen-bond acceptors (Lipinski definition) is 7. The van der Waals surface area contributed by atoms with Crippen LogP contribution in [0.3, 0.4) is 0 Å².